The SMILES string of the molecule is c1ccc(-c2ccccc2[Si](c2ccccc2)c2ccccc2)cc1. The molecule has 0 nitrogen and oxygen atoms in total. The third kappa shape index (κ3) is 3.33. The van der Waals surface area contributed by atoms with Gasteiger partial charge in [0, 0.05) is 0 Å². The fourth-order valence-electron chi connectivity index (χ4n) is 3.26. The first-order valence-electron chi connectivity index (χ1n) is 8.56. The van der Waals surface area contributed by atoms with Crippen LogP contribution >= 0.6 is 0 Å². The van der Waals surface area contributed by atoms with E-state index in [1.807, 2.05) is 0 Å². The van der Waals surface area contributed by atoms with E-state index in [9.17, 15) is 0 Å². The van der Waals surface area contributed by atoms with Crippen LogP contribution in [0.5, 0.6) is 0 Å². The number of benzene rings is 4. The highest BCUT2D eigenvalue weighted by Crippen LogP contribution is 2.17. The molecule has 0 heterocycles. The van der Waals surface area contributed by atoms with Gasteiger partial charge in [-0.05, 0) is 16.3 Å². The summed E-state index contributed by atoms with van der Waals surface area (Å²) in [6.07, 6.45) is 0. The molecule has 0 N–H and O–H groups in total. The van der Waals surface area contributed by atoms with Crippen molar-refractivity contribution in [2.24, 2.45) is 0 Å². The first kappa shape index (κ1) is 15.6. The summed E-state index contributed by atoms with van der Waals surface area (Å²) < 4.78 is 0. The van der Waals surface area contributed by atoms with Gasteiger partial charge < -0.3 is 0 Å². The second-order valence-electron chi connectivity index (χ2n) is 6.02. The molecule has 0 amide bonds. The summed E-state index contributed by atoms with van der Waals surface area (Å²) in [6, 6.07) is 41.4. The molecule has 0 unspecified atom stereocenters. The van der Waals surface area contributed by atoms with E-state index in [4.69, 9.17) is 0 Å². The normalized spacial score (nSPS) is 10.8. The molecule has 0 aliphatic carbocycles. The monoisotopic (exact) mass is 335 g/mol. The zero-order valence-corrected chi connectivity index (χ0v) is 15.0. The molecular formula is C24H19Si. The quantitative estimate of drug-likeness (QED) is 0.392. The Labute approximate surface area is 151 Å². The van der Waals surface area contributed by atoms with Gasteiger partial charge in [0.1, 0.15) is 0 Å². The molecule has 0 aromatic heterocycles. The van der Waals surface area contributed by atoms with E-state index in [1.54, 1.807) is 0 Å². The highest BCUT2D eigenvalue weighted by Gasteiger charge is 2.22. The first-order chi connectivity index (χ1) is 12.4. The summed E-state index contributed by atoms with van der Waals surface area (Å²) in [6.45, 7) is 0. The summed E-state index contributed by atoms with van der Waals surface area (Å²) in [5.41, 5.74) is 2.62. The van der Waals surface area contributed by atoms with Crippen LogP contribution in [0.3, 0.4) is 0 Å². The lowest BCUT2D eigenvalue weighted by Gasteiger charge is -2.20. The van der Waals surface area contributed by atoms with Crippen LogP contribution in [0, 0.1) is 0 Å². The molecule has 0 atom stereocenters. The minimum absolute atomic E-state index is 1.05. The molecule has 0 bridgehead atoms. The molecule has 0 aliphatic rings. The summed E-state index contributed by atoms with van der Waals surface area (Å²) in [7, 11) is -1.05. The Hall–Kier alpha value is -2.90. The Morgan fingerprint density at radius 2 is 0.840 bits per heavy atom. The van der Waals surface area contributed by atoms with Crippen LogP contribution in [0.1, 0.15) is 0 Å². The maximum atomic E-state index is 2.30. The van der Waals surface area contributed by atoms with Crippen molar-refractivity contribution < 1.29 is 0 Å². The van der Waals surface area contributed by atoms with Gasteiger partial charge in [-0.15, -0.1) is 0 Å². The third-order valence-corrected chi connectivity index (χ3v) is 7.20. The Balaban J connectivity index is 1.93. The lowest BCUT2D eigenvalue weighted by molar-refractivity contribution is 1.64. The van der Waals surface area contributed by atoms with Crippen LogP contribution in [-0.4, -0.2) is 8.80 Å². The Kier molecular flexibility index (Phi) is 4.58. The number of rotatable bonds is 4. The molecule has 0 spiro atoms. The van der Waals surface area contributed by atoms with Crippen LogP contribution in [-0.2, 0) is 0 Å². The molecule has 0 aliphatic heterocycles. The van der Waals surface area contributed by atoms with Gasteiger partial charge in [-0.1, -0.05) is 126 Å². The molecule has 4 rings (SSSR count). The molecular weight excluding hydrogens is 316 g/mol. The van der Waals surface area contributed by atoms with Crippen molar-refractivity contribution in [2.75, 3.05) is 0 Å². The lowest BCUT2D eigenvalue weighted by Crippen LogP contribution is -2.52. The van der Waals surface area contributed by atoms with Gasteiger partial charge in [0.2, 0.25) is 0 Å². The second kappa shape index (κ2) is 7.33. The molecule has 0 saturated heterocycles. The summed E-state index contributed by atoms with van der Waals surface area (Å²) in [5.74, 6) is 0. The van der Waals surface area contributed by atoms with Crippen molar-refractivity contribution >= 4 is 24.4 Å². The number of hydrogen-bond donors (Lipinski definition) is 0. The molecule has 0 fully saturated rings. The average Bonchev–Trinajstić information content (AvgIpc) is 2.71. The van der Waals surface area contributed by atoms with Crippen LogP contribution in [0.4, 0.5) is 0 Å². The zero-order chi connectivity index (χ0) is 16.9. The van der Waals surface area contributed by atoms with E-state index in [-0.39, 0.29) is 0 Å². The van der Waals surface area contributed by atoms with E-state index >= 15 is 0 Å². The van der Waals surface area contributed by atoms with E-state index < -0.39 is 8.80 Å². The van der Waals surface area contributed by atoms with Crippen LogP contribution < -0.4 is 15.6 Å². The van der Waals surface area contributed by atoms with Gasteiger partial charge in [0.15, 0.2) is 8.80 Å². The summed E-state index contributed by atoms with van der Waals surface area (Å²) in [5, 5.41) is 4.28. The smallest absolute Gasteiger partial charge is 0.0624 e. The van der Waals surface area contributed by atoms with Crippen LogP contribution in [0.2, 0.25) is 0 Å². The average molecular weight is 336 g/mol. The minimum atomic E-state index is -1.05. The van der Waals surface area contributed by atoms with Crippen LogP contribution in [0.25, 0.3) is 11.1 Å². The highest BCUT2D eigenvalue weighted by atomic mass is 28.3. The first-order valence-corrected chi connectivity index (χ1v) is 10.1. The van der Waals surface area contributed by atoms with Crippen molar-refractivity contribution in [1.29, 1.82) is 0 Å². The second-order valence-corrected chi connectivity index (χ2v) is 8.46. The van der Waals surface area contributed by atoms with Crippen molar-refractivity contribution in [3.63, 3.8) is 0 Å². The number of hydrogen-bond acceptors (Lipinski definition) is 0. The van der Waals surface area contributed by atoms with E-state index in [0.717, 1.165) is 0 Å². The largest absolute Gasteiger partial charge is 0.155 e. The Morgan fingerprint density at radius 1 is 0.400 bits per heavy atom. The predicted octanol–water partition coefficient (Wildman–Crippen LogP) is 3.87. The van der Waals surface area contributed by atoms with Crippen LogP contribution in [0.15, 0.2) is 115 Å². The maximum Gasteiger partial charge on any atom is 0.155 e. The molecule has 0 saturated carbocycles. The molecule has 119 valence electrons. The molecule has 25 heavy (non-hydrogen) atoms. The fraction of sp³-hybridized carbons (Fsp3) is 0. The van der Waals surface area contributed by atoms with Gasteiger partial charge >= 0.3 is 0 Å². The lowest BCUT2D eigenvalue weighted by atomic mass is 10.1. The maximum absolute atomic E-state index is 2.30. The summed E-state index contributed by atoms with van der Waals surface area (Å²) in [4.78, 5) is 0. The minimum Gasteiger partial charge on any atom is -0.0624 e. The molecule has 4 aromatic rings. The van der Waals surface area contributed by atoms with E-state index in [0.29, 0.717) is 0 Å². The van der Waals surface area contributed by atoms with Crippen molar-refractivity contribution in [2.45, 2.75) is 0 Å². The zero-order valence-electron chi connectivity index (χ0n) is 14.0. The van der Waals surface area contributed by atoms with Gasteiger partial charge in [-0.2, -0.15) is 0 Å². The van der Waals surface area contributed by atoms with Gasteiger partial charge in [0.05, 0.1) is 0 Å². The van der Waals surface area contributed by atoms with E-state index in [1.165, 1.54) is 26.7 Å². The summed E-state index contributed by atoms with van der Waals surface area (Å²) >= 11 is 0. The fourth-order valence-corrected chi connectivity index (χ4v) is 6.02. The highest BCUT2D eigenvalue weighted by molar-refractivity contribution is 6.96. The molecule has 4 aromatic carbocycles. The Bertz CT molecular complexity index is 892. The predicted molar refractivity (Wildman–Crippen MR) is 109 cm³/mol. The van der Waals surface area contributed by atoms with Gasteiger partial charge in [-0.3, -0.25) is 0 Å². The van der Waals surface area contributed by atoms with Crippen molar-refractivity contribution in [3.8, 4) is 11.1 Å². The van der Waals surface area contributed by atoms with E-state index in [2.05, 4.69) is 115 Å². The third-order valence-electron chi connectivity index (χ3n) is 4.41. The van der Waals surface area contributed by atoms with Crippen molar-refractivity contribution in [3.05, 3.63) is 115 Å². The van der Waals surface area contributed by atoms with Gasteiger partial charge in [-0.25, -0.2) is 0 Å². The standard InChI is InChI=1S/C24H19Si/c1-4-12-20(13-5-1)23-18-10-11-19-24(23)25(21-14-6-2-7-15-21)22-16-8-3-9-17-22/h1-19H. The van der Waals surface area contributed by atoms with Crippen molar-refractivity contribution in [1.82, 2.24) is 0 Å². The molecule has 1 radical (unpaired) electrons. The topological polar surface area (TPSA) is 0 Å². The van der Waals surface area contributed by atoms with Gasteiger partial charge in [0.25, 0.3) is 0 Å². The molecule has 1 heteroatoms. The Morgan fingerprint density at radius 3 is 1.40 bits per heavy atom.